The van der Waals surface area contributed by atoms with E-state index in [-0.39, 0.29) is 35.1 Å². The average Bonchev–Trinajstić information content (AvgIpc) is 2.41. The minimum Gasteiger partial charge on any atom is -0.508 e. The first-order chi connectivity index (χ1) is 9.02. The number of nitrogens with zero attached hydrogens (tertiary/aromatic N) is 1. The highest BCUT2D eigenvalue weighted by Crippen LogP contribution is 2.25. The molecule has 2 atom stereocenters. The monoisotopic (exact) mass is 285 g/mol. The number of hydrogen-bond acceptors (Lipinski definition) is 4. The number of phenols is 2. The Hall–Kier alpha value is -1.46. The third-order valence-corrected chi connectivity index (χ3v) is 3.49. The van der Waals surface area contributed by atoms with Crippen LogP contribution in [0.3, 0.4) is 0 Å². The number of morpholine rings is 1. The van der Waals surface area contributed by atoms with Gasteiger partial charge in [0.15, 0.2) is 0 Å². The number of aromatic hydroxyl groups is 2. The van der Waals surface area contributed by atoms with E-state index in [4.69, 9.17) is 16.3 Å². The number of carbonyl (C=O) groups is 1. The van der Waals surface area contributed by atoms with E-state index in [0.29, 0.717) is 19.0 Å². The van der Waals surface area contributed by atoms with Gasteiger partial charge in [-0.15, -0.1) is 11.6 Å². The molecule has 0 spiro atoms. The maximum Gasteiger partial charge on any atom is 0.258 e. The Labute approximate surface area is 116 Å². The lowest BCUT2D eigenvalue weighted by atomic mass is 10.1. The molecular formula is C13H16ClNO4. The fraction of sp³-hybridized carbons (Fsp3) is 0.462. The highest BCUT2D eigenvalue weighted by atomic mass is 35.5. The molecule has 1 saturated heterocycles. The normalized spacial score (nSPS) is 23.4. The van der Waals surface area contributed by atoms with E-state index in [0.717, 1.165) is 0 Å². The number of ether oxygens (including phenoxy) is 1. The molecule has 0 saturated carbocycles. The number of hydrogen-bond donors (Lipinski definition) is 2. The first-order valence-corrected chi connectivity index (χ1v) is 6.57. The molecule has 6 heteroatoms. The lowest BCUT2D eigenvalue weighted by molar-refractivity contribution is -0.0372. The van der Waals surface area contributed by atoms with E-state index in [1.165, 1.54) is 18.2 Å². The molecule has 1 amide bonds. The Bertz CT molecular complexity index is 480. The standard InChI is InChI=1S/C13H16ClNO4/c1-8-7-19-10(5-14)6-15(8)13(18)11-4-9(16)2-3-12(11)17/h2-4,8,10,16-17H,5-7H2,1H3. The highest BCUT2D eigenvalue weighted by Gasteiger charge is 2.31. The Kier molecular flexibility index (Phi) is 4.17. The highest BCUT2D eigenvalue weighted by molar-refractivity contribution is 6.18. The zero-order chi connectivity index (χ0) is 14.0. The molecule has 19 heavy (non-hydrogen) atoms. The number of rotatable bonds is 2. The summed E-state index contributed by atoms with van der Waals surface area (Å²) >= 11 is 5.75. The van der Waals surface area contributed by atoms with Gasteiger partial charge in [-0.05, 0) is 25.1 Å². The number of amides is 1. The number of carbonyl (C=O) groups excluding carboxylic acids is 1. The molecule has 0 radical (unpaired) electrons. The zero-order valence-corrected chi connectivity index (χ0v) is 11.3. The number of phenolic OH excluding ortho intramolecular Hbond substituents is 2. The molecule has 1 aromatic carbocycles. The number of benzene rings is 1. The second-order valence-electron chi connectivity index (χ2n) is 4.62. The first-order valence-electron chi connectivity index (χ1n) is 6.03. The molecule has 5 nitrogen and oxygen atoms in total. The van der Waals surface area contributed by atoms with E-state index in [2.05, 4.69) is 0 Å². The van der Waals surface area contributed by atoms with Crippen LogP contribution in [0.25, 0.3) is 0 Å². The van der Waals surface area contributed by atoms with Crippen molar-refractivity contribution in [3.8, 4) is 11.5 Å². The van der Waals surface area contributed by atoms with Crippen LogP contribution in [0, 0.1) is 0 Å². The average molecular weight is 286 g/mol. The van der Waals surface area contributed by atoms with Gasteiger partial charge in [0.25, 0.3) is 5.91 Å². The molecule has 0 bridgehead atoms. The third-order valence-electron chi connectivity index (χ3n) is 3.15. The molecule has 1 aliphatic rings. The van der Waals surface area contributed by atoms with Gasteiger partial charge in [0.1, 0.15) is 11.5 Å². The maximum absolute atomic E-state index is 12.4. The predicted octanol–water partition coefficient (Wildman–Crippen LogP) is 1.57. The van der Waals surface area contributed by atoms with Crippen molar-refractivity contribution in [2.45, 2.75) is 19.1 Å². The molecule has 1 aromatic rings. The summed E-state index contributed by atoms with van der Waals surface area (Å²) in [5.74, 6) is -0.234. The number of alkyl halides is 1. The van der Waals surface area contributed by atoms with Gasteiger partial charge < -0.3 is 19.8 Å². The molecule has 104 valence electrons. The van der Waals surface area contributed by atoms with Crippen LogP contribution in [0.15, 0.2) is 18.2 Å². The van der Waals surface area contributed by atoms with Gasteiger partial charge in [-0.3, -0.25) is 4.79 Å². The van der Waals surface area contributed by atoms with Crippen LogP contribution in [-0.4, -0.2) is 52.2 Å². The van der Waals surface area contributed by atoms with E-state index >= 15 is 0 Å². The van der Waals surface area contributed by atoms with Crippen LogP contribution >= 0.6 is 11.6 Å². The van der Waals surface area contributed by atoms with E-state index in [9.17, 15) is 15.0 Å². The van der Waals surface area contributed by atoms with Crippen molar-refractivity contribution in [3.05, 3.63) is 23.8 Å². The molecule has 1 fully saturated rings. The minimum absolute atomic E-state index is 0.0593. The molecule has 2 rings (SSSR count). The van der Waals surface area contributed by atoms with Gasteiger partial charge >= 0.3 is 0 Å². The molecule has 2 unspecified atom stereocenters. The third kappa shape index (κ3) is 2.93. The summed E-state index contributed by atoms with van der Waals surface area (Å²) in [6, 6.07) is 3.78. The Morgan fingerprint density at radius 1 is 1.53 bits per heavy atom. The molecular weight excluding hydrogens is 270 g/mol. The topological polar surface area (TPSA) is 70.0 Å². The molecule has 2 N–H and O–H groups in total. The van der Waals surface area contributed by atoms with Gasteiger partial charge in [-0.1, -0.05) is 0 Å². The van der Waals surface area contributed by atoms with Gasteiger partial charge in [-0.2, -0.15) is 0 Å². The summed E-state index contributed by atoms with van der Waals surface area (Å²) in [6.07, 6.45) is -0.207. The molecule has 1 heterocycles. The summed E-state index contributed by atoms with van der Waals surface area (Å²) in [5.41, 5.74) is 0.0853. The van der Waals surface area contributed by atoms with Crippen molar-refractivity contribution < 1.29 is 19.7 Å². The van der Waals surface area contributed by atoms with Crippen molar-refractivity contribution in [2.75, 3.05) is 19.0 Å². The first kappa shape index (κ1) is 14.0. The Morgan fingerprint density at radius 2 is 2.26 bits per heavy atom. The van der Waals surface area contributed by atoms with Crippen molar-refractivity contribution >= 4 is 17.5 Å². The van der Waals surface area contributed by atoms with Crippen LogP contribution in [0.5, 0.6) is 11.5 Å². The number of halogens is 1. The van der Waals surface area contributed by atoms with Crippen molar-refractivity contribution in [1.29, 1.82) is 0 Å². The SMILES string of the molecule is CC1COC(CCl)CN1C(=O)c1cc(O)ccc1O. The maximum atomic E-state index is 12.4. The van der Waals surface area contributed by atoms with Crippen molar-refractivity contribution in [1.82, 2.24) is 4.90 Å². The minimum atomic E-state index is -0.334. The summed E-state index contributed by atoms with van der Waals surface area (Å²) in [4.78, 5) is 14.0. The summed E-state index contributed by atoms with van der Waals surface area (Å²) in [6.45, 7) is 2.64. The lowest BCUT2D eigenvalue weighted by Crippen LogP contribution is -2.51. The lowest BCUT2D eigenvalue weighted by Gasteiger charge is -2.37. The summed E-state index contributed by atoms with van der Waals surface area (Å²) in [5, 5.41) is 19.2. The largest absolute Gasteiger partial charge is 0.508 e. The quantitative estimate of drug-likeness (QED) is 0.639. The van der Waals surface area contributed by atoms with E-state index in [1.54, 1.807) is 4.90 Å². The van der Waals surface area contributed by atoms with Crippen molar-refractivity contribution in [3.63, 3.8) is 0 Å². The van der Waals surface area contributed by atoms with Gasteiger partial charge in [0, 0.05) is 6.54 Å². The zero-order valence-electron chi connectivity index (χ0n) is 10.5. The summed E-state index contributed by atoms with van der Waals surface area (Å²) < 4.78 is 5.47. The molecule has 0 aromatic heterocycles. The van der Waals surface area contributed by atoms with Gasteiger partial charge in [0.2, 0.25) is 0 Å². The fourth-order valence-corrected chi connectivity index (χ4v) is 2.23. The van der Waals surface area contributed by atoms with Gasteiger partial charge in [-0.25, -0.2) is 0 Å². The van der Waals surface area contributed by atoms with Crippen LogP contribution in [0.2, 0.25) is 0 Å². The second-order valence-corrected chi connectivity index (χ2v) is 4.93. The Morgan fingerprint density at radius 3 is 2.95 bits per heavy atom. The molecule has 0 aliphatic carbocycles. The summed E-state index contributed by atoms with van der Waals surface area (Å²) in [7, 11) is 0. The van der Waals surface area contributed by atoms with Crippen LogP contribution in [0.1, 0.15) is 17.3 Å². The van der Waals surface area contributed by atoms with E-state index in [1.807, 2.05) is 6.92 Å². The van der Waals surface area contributed by atoms with E-state index < -0.39 is 0 Å². The molecule has 1 aliphatic heterocycles. The van der Waals surface area contributed by atoms with Crippen LogP contribution in [-0.2, 0) is 4.74 Å². The predicted molar refractivity (Wildman–Crippen MR) is 70.7 cm³/mol. The van der Waals surface area contributed by atoms with Crippen LogP contribution < -0.4 is 0 Å². The van der Waals surface area contributed by atoms with Gasteiger partial charge in [0.05, 0.1) is 30.2 Å². The van der Waals surface area contributed by atoms with Crippen molar-refractivity contribution in [2.24, 2.45) is 0 Å². The smallest absolute Gasteiger partial charge is 0.258 e. The van der Waals surface area contributed by atoms with Crippen LogP contribution in [0.4, 0.5) is 0 Å². The second kappa shape index (κ2) is 5.67. The Balaban J connectivity index is 2.24. The fourth-order valence-electron chi connectivity index (χ4n) is 2.04.